The number of likely N-dealkylation sites (N-methyl/N-ethyl adjacent to an activating group) is 1. The minimum atomic E-state index is -0.402. The second kappa shape index (κ2) is 9.03. The van der Waals surface area contributed by atoms with Gasteiger partial charge in [-0.05, 0) is 51.1 Å². The molecule has 29 heavy (non-hydrogen) atoms. The topological polar surface area (TPSA) is 68.3 Å². The number of hydrogen-bond donors (Lipinski definition) is 0. The summed E-state index contributed by atoms with van der Waals surface area (Å²) in [6.07, 6.45) is 3.20. The maximum atomic E-state index is 12.7. The van der Waals surface area contributed by atoms with Crippen LogP contribution in [0.3, 0.4) is 0 Å². The molecule has 0 radical (unpaired) electrons. The van der Waals surface area contributed by atoms with Crippen LogP contribution in [0.1, 0.15) is 31.2 Å². The molecule has 2 aliphatic rings. The Kier molecular flexibility index (Phi) is 6.67. The van der Waals surface area contributed by atoms with Crippen LogP contribution < -0.4 is 9.47 Å². The predicted molar refractivity (Wildman–Crippen MR) is 109 cm³/mol. The molecule has 7 nitrogen and oxygen atoms in total. The minimum Gasteiger partial charge on any atom is -0.493 e. The number of carbonyl (C=O) groups is 2. The smallest absolute Gasteiger partial charge is 0.312 e. The SMILES string of the molecule is COc1ccc(CCC(=O)N2CCC3(CC2)CC(CN(C)C)OC3=O)cc1OC. The van der Waals surface area contributed by atoms with Crippen molar-refractivity contribution in [3.8, 4) is 11.5 Å². The van der Waals surface area contributed by atoms with Gasteiger partial charge in [0.1, 0.15) is 6.10 Å². The fourth-order valence-electron chi connectivity index (χ4n) is 4.38. The number of ether oxygens (including phenoxy) is 3. The Morgan fingerprint density at radius 3 is 2.52 bits per heavy atom. The van der Waals surface area contributed by atoms with Crippen molar-refractivity contribution < 1.29 is 23.8 Å². The third-order valence-corrected chi connectivity index (χ3v) is 6.04. The summed E-state index contributed by atoms with van der Waals surface area (Å²) >= 11 is 0. The summed E-state index contributed by atoms with van der Waals surface area (Å²) in [5.41, 5.74) is 0.635. The number of likely N-dealkylation sites (tertiary alicyclic amines) is 1. The van der Waals surface area contributed by atoms with Gasteiger partial charge in [-0.15, -0.1) is 0 Å². The number of cyclic esters (lactones) is 1. The summed E-state index contributed by atoms with van der Waals surface area (Å²) in [4.78, 5) is 29.1. The molecule has 1 amide bonds. The van der Waals surface area contributed by atoms with E-state index < -0.39 is 5.41 Å². The van der Waals surface area contributed by atoms with Crippen molar-refractivity contribution in [3.63, 3.8) is 0 Å². The maximum absolute atomic E-state index is 12.7. The zero-order valence-corrected chi connectivity index (χ0v) is 17.9. The highest BCUT2D eigenvalue weighted by Crippen LogP contribution is 2.43. The Bertz CT molecular complexity index is 741. The fraction of sp³-hybridized carbons (Fsp3) is 0.636. The van der Waals surface area contributed by atoms with Crippen molar-refractivity contribution in [2.24, 2.45) is 5.41 Å². The molecule has 2 fully saturated rings. The number of carbonyl (C=O) groups excluding carboxylic acids is 2. The number of methoxy groups -OCH3 is 2. The number of aryl methyl sites for hydroxylation is 1. The van der Waals surface area contributed by atoms with Crippen LogP contribution in [0.4, 0.5) is 0 Å². The largest absolute Gasteiger partial charge is 0.493 e. The molecular weight excluding hydrogens is 372 g/mol. The number of amides is 1. The zero-order valence-electron chi connectivity index (χ0n) is 17.9. The van der Waals surface area contributed by atoms with E-state index in [-0.39, 0.29) is 18.0 Å². The molecule has 0 saturated carbocycles. The fourth-order valence-corrected chi connectivity index (χ4v) is 4.38. The van der Waals surface area contributed by atoms with Crippen LogP contribution in [0.15, 0.2) is 18.2 Å². The molecule has 160 valence electrons. The van der Waals surface area contributed by atoms with Gasteiger partial charge < -0.3 is 24.0 Å². The van der Waals surface area contributed by atoms with E-state index in [4.69, 9.17) is 14.2 Å². The van der Waals surface area contributed by atoms with E-state index >= 15 is 0 Å². The van der Waals surface area contributed by atoms with E-state index in [2.05, 4.69) is 0 Å². The molecule has 1 spiro atoms. The Balaban J connectivity index is 1.51. The molecule has 3 rings (SSSR count). The van der Waals surface area contributed by atoms with E-state index in [1.54, 1.807) is 14.2 Å². The molecule has 7 heteroatoms. The molecule has 0 N–H and O–H groups in total. The van der Waals surface area contributed by atoms with Gasteiger partial charge in [0, 0.05) is 32.5 Å². The lowest BCUT2D eigenvalue weighted by Gasteiger charge is -2.36. The molecule has 1 atom stereocenters. The lowest BCUT2D eigenvalue weighted by molar-refractivity contribution is -0.152. The van der Waals surface area contributed by atoms with Crippen LogP contribution in [0.5, 0.6) is 11.5 Å². The first-order valence-electron chi connectivity index (χ1n) is 10.2. The van der Waals surface area contributed by atoms with Gasteiger partial charge in [0.2, 0.25) is 5.91 Å². The van der Waals surface area contributed by atoms with Crippen molar-refractivity contribution in [2.75, 3.05) is 47.9 Å². The zero-order chi connectivity index (χ0) is 21.0. The van der Waals surface area contributed by atoms with Crippen LogP contribution in [0.2, 0.25) is 0 Å². The Morgan fingerprint density at radius 1 is 1.21 bits per heavy atom. The number of esters is 1. The first kappa shape index (κ1) is 21.4. The van der Waals surface area contributed by atoms with E-state index in [9.17, 15) is 9.59 Å². The van der Waals surface area contributed by atoms with Crippen molar-refractivity contribution in [1.29, 1.82) is 0 Å². The predicted octanol–water partition coefficient (Wildman–Crippen LogP) is 2.12. The normalized spacial score (nSPS) is 20.8. The van der Waals surface area contributed by atoms with Gasteiger partial charge in [-0.1, -0.05) is 6.07 Å². The lowest BCUT2D eigenvalue weighted by atomic mass is 9.76. The number of rotatable bonds is 7. The molecule has 0 aromatic heterocycles. The van der Waals surface area contributed by atoms with Crippen LogP contribution >= 0.6 is 0 Å². The lowest BCUT2D eigenvalue weighted by Crippen LogP contribution is -2.45. The van der Waals surface area contributed by atoms with Crippen molar-refractivity contribution in [3.05, 3.63) is 23.8 Å². The summed E-state index contributed by atoms with van der Waals surface area (Å²) in [7, 11) is 7.18. The first-order chi connectivity index (χ1) is 13.9. The number of hydrogen-bond acceptors (Lipinski definition) is 6. The van der Waals surface area contributed by atoms with E-state index in [0.29, 0.717) is 50.3 Å². The molecular formula is C22H32N2O5. The summed E-state index contributed by atoms with van der Waals surface area (Å²) in [6, 6.07) is 5.73. The van der Waals surface area contributed by atoms with Crippen molar-refractivity contribution in [1.82, 2.24) is 9.80 Å². The van der Waals surface area contributed by atoms with E-state index in [1.807, 2.05) is 42.1 Å². The molecule has 2 heterocycles. The second-order valence-electron chi connectivity index (χ2n) is 8.34. The highest BCUT2D eigenvalue weighted by Gasteiger charge is 2.50. The molecule has 0 aliphatic carbocycles. The van der Waals surface area contributed by atoms with Gasteiger partial charge in [0.05, 0.1) is 19.6 Å². The Hall–Kier alpha value is -2.28. The maximum Gasteiger partial charge on any atom is 0.312 e. The number of benzene rings is 1. The average Bonchev–Trinajstić information content (AvgIpc) is 2.99. The molecule has 2 saturated heterocycles. The number of nitrogens with zero attached hydrogens (tertiary/aromatic N) is 2. The Labute approximate surface area is 172 Å². The van der Waals surface area contributed by atoms with E-state index in [1.165, 1.54) is 0 Å². The van der Waals surface area contributed by atoms with Crippen LogP contribution in [0.25, 0.3) is 0 Å². The quantitative estimate of drug-likeness (QED) is 0.649. The molecule has 1 unspecified atom stereocenters. The van der Waals surface area contributed by atoms with Crippen LogP contribution in [0, 0.1) is 5.41 Å². The van der Waals surface area contributed by atoms with Gasteiger partial charge >= 0.3 is 5.97 Å². The summed E-state index contributed by atoms with van der Waals surface area (Å²) in [5, 5.41) is 0. The molecule has 2 aliphatic heterocycles. The molecule has 1 aromatic rings. The summed E-state index contributed by atoms with van der Waals surface area (Å²) in [5.74, 6) is 1.40. The van der Waals surface area contributed by atoms with E-state index in [0.717, 1.165) is 18.5 Å². The monoisotopic (exact) mass is 404 g/mol. The van der Waals surface area contributed by atoms with Crippen LogP contribution in [-0.4, -0.2) is 75.7 Å². The summed E-state index contributed by atoms with van der Waals surface area (Å²) in [6.45, 7) is 1.99. The highest BCUT2D eigenvalue weighted by atomic mass is 16.6. The first-order valence-corrected chi connectivity index (χ1v) is 10.2. The minimum absolute atomic E-state index is 0.0372. The van der Waals surface area contributed by atoms with Gasteiger partial charge in [-0.3, -0.25) is 9.59 Å². The van der Waals surface area contributed by atoms with Gasteiger partial charge in [0.15, 0.2) is 11.5 Å². The second-order valence-corrected chi connectivity index (χ2v) is 8.34. The van der Waals surface area contributed by atoms with Gasteiger partial charge in [0.25, 0.3) is 0 Å². The van der Waals surface area contributed by atoms with Gasteiger partial charge in [-0.25, -0.2) is 0 Å². The third kappa shape index (κ3) is 4.83. The standard InChI is InChI=1S/C22H32N2O5/c1-23(2)15-17-14-22(21(26)29-17)9-11-24(12-10-22)20(25)8-6-16-5-7-18(27-3)19(13-16)28-4/h5,7,13,17H,6,8-12,14-15H2,1-4H3. The van der Waals surface area contributed by atoms with Gasteiger partial charge in [-0.2, -0.15) is 0 Å². The number of piperidine rings is 1. The van der Waals surface area contributed by atoms with Crippen molar-refractivity contribution >= 4 is 11.9 Å². The summed E-state index contributed by atoms with van der Waals surface area (Å²) < 4.78 is 16.2. The Morgan fingerprint density at radius 2 is 1.90 bits per heavy atom. The van der Waals surface area contributed by atoms with Crippen molar-refractivity contribution in [2.45, 2.75) is 38.2 Å². The average molecular weight is 405 g/mol. The third-order valence-electron chi connectivity index (χ3n) is 6.04. The molecule has 1 aromatic carbocycles. The highest BCUT2D eigenvalue weighted by molar-refractivity contribution is 5.81. The molecule has 0 bridgehead atoms. The van der Waals surface area contributed by atoms with Crippen LogP contribution in [-0.2, 0) is 20.7 Å².